The first-order valence-corrected chi connectivity index (χ1v) is 5.19. The van der Waals surface area contributed by atoms with Gasteiger partial charge in [-0.2, -0.15) is 0 Å². The molecule has 0 saturated heterocycles. The molecule has 0 saturated carbocycles. The van der Waals surface area contributed by atoms with Crippen LogP contribution < -0.4 is 5.32 Å². The van der Waals surface area contributed by atoms with Gasteiger partial charge in [0.2, 0.25) is 0 Å². The van der Waals surface area contributed by atoms with Gasteiger partial charge in [-0.1, -0.05) is 18.2 Å². The van der Waals surface area contributed by atoms with E-state index in [2.05, 4.69) is 10.3 Å². The first-order valence-electron chi connectivity index (χ1n) is 5.19. The van der Waals surface area contributed by atoms with E-state index in [0.29, 0.717) is 5.56 Å². The van der Waals surface area contributed by atoms with Gasteiger partial charge < -0.3 is 10.5 Å². The molecule has 0 spiro atoms. The van der Waals surface area contributed by atoms with Crippen molar-refractivity contribution in [1.29, 1.82) is 0 Å². The van der Waals surface area contributed by atoms with Gasteiger partial charge in [-0.3, -0.25) is 9.78 Å². The van der Waals surface area contributed by atoms with Crippen LogP contribution >= 0.6 is 0 Å². The van der Waals surface area contributed by atoms with Crippen LogP contribution in [0.3, 0.4) is 0 Å². The average molecular weight is 261 g/mol. The molecule has 1 aromatic carbocycles. The predicted octanol–water partition coefficient (Wildman–Crippen LogP) is 1.99. The fourth-order valence-electron chi connectivity index (χ4n) is 1.22. The molecule has 0 aliphatic rings. The molecule has 2 N–H and O–H groups in total. The van der Waals surface area contributed by atoms with Gasteiger partial charge in [0.1, 0.15) is 0 Å². The largest absolute Gasteiger partial charge is 0.328 e. The molecule has 0 atom stereocenters. The summed E-state index contributed by atoms with van der Waals surface area (Å²) in [6.45, 7) is 0. The first-order chi connectivity index (χ1) is 9.09. The Hall–Kier alpha value is -2.96. The van der Waals surface area contributed by atoms with E-state index < -0.39 is 5.09 Å². The smallest absolute Gasteiger partial charge is 0.291 e. The van der Waals surface area contributed by atoms with Gasteiger partial charge in [0.25, 0.3) is 11.0 Å². The molecule has 19 heavy (non-hydrogen) atoms. The van der Waals surface area contributed by atoms with Gasteiger partial charge >= 0.3 is 0 Å². The van der Waals surface area contributed by atoms with E-state index in [1.165, 1.54) is 6.20 Å². The Morgan fingerprint density at radius 1 is 1.21 bits per heavy atom. The maximum Gasteiger partial charge on any atom is 0.291 e. The number of nitrogens with one attached hydrogen (secondary N) is 1. The van der Waals surface area contributed by atoms with Crippen LogP contribution in [-0.2, 0) is 0 Å². The summed E-state index contributed by atoms with van der Waals surface area (Å²) < 4.78 is 0. The van der Waals surface area contributed by atoms with Crippen molar-refractivity contribution in [3.63, 3.8) is 0 Å². The van der Waals surface area contributed by atoms with Crippen molar-refractivity contribution in [2.24, 2.45) is 0 Å². The third-order valence-electron chi connectivity index (χ3n) is 1.96. The number of hydrogen-bond donors (Lipinski definition) is 2. The van der Waals surface area contributed by atoms with Crippen molar-refractivity contribution in [3.8, 4) is 0 Å². The Kier molecular flexibility index (Phi) is 5.48. The molecular formula is C12H11N3O4. The molecule has 0 fully saturated rings. The summed E-state index contributed by atoms with van der Waals surface area (Å²) in [7, 11) is 0. The minimum atomic E-state index is -1.50. The number of anilines is 1. The number of nitrogens with zero attached hydrogens (tertiary/aromatic N) is 2. The van der Waals surface area contributed by atoms with Crippen molar-refractivity contribution in [1.82, 2.24) is 4.98 Å². The molecule has 0 bridgehead atoms. The van der Waals surface area contributed by atoms with E-state index in [4.69, 9.17) is 15.3 Å². The molecule has 0 aliphatic heterocycles. The summed E-state index contributed by atoms with van der Waals surface area (Å²) in [5, 5.41) is 16.4. The van der Waals surface area contributed by atoms with E-state index >= 15 is 0 Å². The van der Waals surface area contributed by atoms with Gasteiger partial charge in [0.05, 0.1) is 5.56 Å². The average Bonchev–Trinajstić information content (AvgIpc) is 2.40. The third kappa shape index (κ3) is 5.78. The zero-order valence-electron chi connectivity index (χ0n) is 9.76. The second-order valence-electron chi connectivity index (χ2n) is 3.30. The van der Waals surface area contributed by atoms with Crippen molar-refractivity contribution in [2.45, 2.75) is 0 Å². The second kappa shape index (κ2) is 7.38. The topological polar surface area (TPSA) is 105 Å². The Balaban J connectivity index is 0.000000399. The fourth-order valence-corrected chi connectivity index (χ4v) is 1.22. The maximum atomic E-state index is 11.7. The highest BCUT2D eigenvalue weighted by Crippen LogP contribution is 2.07. The summed E-state index contributed by atoms with van der Waals surface area (Å²) >= 11 is 0. The maximum absolute atomic E-state index is 11.7. The normalized spacial score (nSPS) is 8.84. The highest BCUT2D eigenvalue weighted by Gasteiger charge is 2.04. The quantitative estimate of drug-likeness (QED) is 0.635. The predicted molar refractivity (Wildman–Crippen MR) is 67.4 cm³/mol. The van der Waals surface area contributed by atoms with Crippen LogP contribution in [0.5, 0.6) is 0 Å². The lowest BCUT2D eigenvalue weighted by Gasteiger charge is -2.03. The lowest BCUT2D eigenvalue weighted by molar-refractivity contribution is -0.742. The lowest BCUT2D eigenvalue weighted by atomic mass is 10.2. The summed E-state index contributed by atoms with van der Waals surface area (Å²) in [5.41, 5.74) is 1.34. The number of pyridine rings is 1. The van der Waals surface area contributed by atoms with Crippen molar-refractivity contribution in [3.05, 3.63) is 70.5 Å². The van der Waals surface area contributed by atoms with Crippen molar-refractivity contribution >= 4 is 11.6 Å². The summed E-state index contributed by atoms with van der Waals surface area (Å²) in [5.74, 6) is -0.144. The van der Waals surface area contributed by atoms with E-state index in [9.17, 15) is 4.79 Å². The molecule has 7 nitrogen and oxygen atoms in total. The van der Waals surface area contributed by atoms with Crippen LogP contribution in [0.25, 0.3) is 0 Å². The second-order valence-corrected chi connectivity index (χ2v) is 3.30. The lowest BCUT2D eigenvalue weighted by Crippen LogP contribution is -2.11. The van der Waals surface area contributed by atoms with Gasteiger partial charge in [0.15, 0.2) is 0 Å². The number of para-hydroxylation sites is 1. The number of aromatic nitrogens is 1. The van der Waals surface area contributed by atoms with Crippen LogP contribution in [0.4, 0.5) is 5.69 Å². The van der Waals surface area contributed by atoms with Gasteiger partial charge in [-0.05, 0) is 24.3 Å². The van der Waals surface area contributed by atoms with Crippen LogP contribution in [0, 0.1) is 10.1 Å². The highest BCUT2D eigenvalue weighted by atomic mass is 16.9. The van der Waals surface area contributed by atoms with Crippen LogP contribution in [0.15, 0.2) is 54.9 Å². The Morgan fingerprint density at radius 3 is 2.37 bits per heavy atom. The standard InChI is InChI=1S/C12H10N2O.HNO3/c15-12(10-5-4-8-13-9-10)14-11-6-2-1-3-7-11;2-1(3)4/h1-9H,(H,14,15);(H,2,3,4). The number of hydrogen-bond acceptors (Lipinski definition) is 4. The minimum Gasteiger partial charge on any atom is -0.328 e. The Morgan fingerprint density at radius 2 is 1.84 bits per heavy atom. The SMILES string of the molecule is O=C(Nc1ccccc1)c1cccnc1.O=[N+]([O-])O. The molecule has 7 heteroatoms. The van der Waals surface area contributed by atoms with E-state index in [1.807, 2.05) is 30.3 Å². The molecule has 98 valence electrons. The highest BCUT2D eigenvalue weighted by molar-refractivity contribution is 6.03. The molecule has 2 aromatic rings. The van der Waals surface area contributed by atoms with Crippen molar-refractivity contribution < 1.29 is 15.1 Å². The molecule has 0 unspecified atom stereocenters. The zero-order valence-corrected chi connectivity index (χ0v) is 9.76. The summed E-state index contributed by atoms with van der Waals surface area (Å²) in [6, 6.07) is 12.8. The van der Waals surface area contributed by atoms with Crippen LogP contribution in [0.1, 0.15) is 10.4 Å². The minimum absolute atomic E-state index is 0.144. The van der Waals surface area contributed by atoms with E-state index in [0.717, 1.165) is 5.69 Å². The number of rotatable bonds is 2. The Labute approximate surface area is 108 Å². The summed E-state index contributed by atoms with van der Waals surface area (Å²) in [4.78, 5) is 23.9. The number of carbonyl (C=O) groups excluding carboxylic acids is 1. The molecule has 0 radical (unpaired) electrons. The zero-order chi connectivity index (χ0) is 14.1. The number of carbonyl (C=O) groups is 1. The summed E-state index contributed by atoms with van der Waals surface area (Å²) in [6.07, 6.45) is 3.18. The van der Waals surface area contributed by atoms with E-state index in [1.54, 1.807) is 18.3 Å². The van der Waals surface area contributed by atoms with Gasteiger partial charge in [-0.15, -0.1) is 10.1 Å². The Bertz CT molecular complexity index is 527. The molecule has 1 aromatic heterocycles. The van der Waals surface area contributed by atoms with Crippen LogP contribution in [0.2, 0.25) is 0 Å². The van der Waals surface area contributed by atoms with Gasteiger partial charge in [-0.25, -0.2) is 0 Å². The molecule has 0 aliphatic carbocycles. The fraction of sp³-hybridized carbons (Fsp3) is 0. The number of benzene rings is 1. The van der Waals surface area contributed by atoms with Crippen molar-refractivity contribution in [2.75, 3.05) is 5.32 Å². The monoisotopic (exact) mass is 261 g/mol. The molecule has 1 heterocycles. The van der Waals surface area contributed by atoms with Crippen LogP contribution in [-0.4, -0.2) is 21.2 Å². The molecule has 2 rings (SSSR count). The third-order valence-corrected chi connectivity index (χ3v) is 1.96. The van der Waals surface area contributed by atoms with Gasteiger partial charge in [0, 0.05) is 18.1 Å². The van der Waals surface area contributed by atoms with E-state index in [-0.39, 0.29) is 5.91 Å². The first kappa shape index (κ1) is 14.1. The molecule has 1 amide bonds. The molecular weight excluding hydrogens is 250 g/mol. The number of amides is 1.